The third-order valence-corrected chi connectivity index (χ3v) is 5.64. The maximum atomic E-state index is 12.5. The van der Waals surface area contributed by atoms with Crippen LogP contribution >= 0.6 is 22.9 Å². The average molecular weight is 437 g/mol. The summed E-state index contributed by atoms with van der Waals surface area (Å²) >= 11 is 6.95. The molecule has 1 aromatic heterocycles. The number of anilines is 1. The largest absolute Gasteiger partial charge is 0.462 e. The Morgan fingerprint density at radius 1 is 1.14 bits per heavy atom. The molecule has 0 radical (unpaired) electrons. The summed E-state index contributed by atoms with van der Waals surface area (Å²) in [5.74, 6) is -1.11. The van der Waals surface area contributed by atoms with Crippen molar-refractivity contribution in [3.05, 3.63) is 50.9 Å². The first-order valence-corrected chi connectivity index (χ1v) is 10.7. The van der Waals surface area contributed by atoms with Gasteiger partial charge in [0.25, 0.3) is 5.91 Å². The number of thiophene rings is 1. The van der Waals surface area contributed by atoms with Crippen LogP contribution in [0.5, 0.6) is 0 Å². The molecule has 0 saturated heterocycles. The van der Waals surface area contributed by atoms with E-state index in [1.165, 1.54) is 0 Å². The molecule has 8 heteroatoms. The quantitative estimate of drug-likeness (QED) is 0.444. The van der Waals surface area contributed by atoms with Crippen LogP contribution in [0.25, 0.3) is 0 Å². The Balaban J connectivity index is 2.24. The molecule has 2 amide bonds. The highest BCUT2D eigenvalue weighted by Crippen LogP contribution is 2.34. The van der Waals surface area contributed by atoms with Crippen LogP contribution in [0.2, 0.25) is 5.02 Å². The Bertz CT molecular complexity index is 878. The lowest BCUT2D eigenvalue weighted by Gasteiger charge is -2.07. The molecule has 2 aromatic rings. The second-order valence-electron chi connectivity index (χ2n) is 6.44. The number of hydrogen-bond acceptors (Lipinski definition) is 5. The van der Waals surface area contributed by atoms with E-state index < -0.39 is 5.97 Å². The number of hydrogen-bond donors (Lipinski definition) is 2. The molecule has 29 heavy (non-hydrogen) atoms. The standard InChI is InChI=1S/C21H25ClN2O4S/c1-4-6-11-23-19(26)18-13(3)17(21(27)28-5-2)20(29-18)24-16(25)12-14-7-9-15(22)10-8-14/h7-10H,4-6,11-12H2,1-3H3,(H,23,26)(H,24,25). The highest BCUT2D eigenvalue weighted by molar-refractivity contribution is 7.18. The molecule has 2 rings (SSSR count). The van der Waals surface area contributed by atoms with Crippen LogP contribution in [0.3, 0.4) is 0 Å². The van der Waals surface area contributed by atoms with Gasteiger partial charge in [0, 0.05) is 11.6 Å². The lowest BCUT2D eigenvalue weighted by Crippen LogP contribution is -2.24. The molecule has 0 spiro atoms. The zero-order valence-electron chi connectivity index (χ0n) is 16.8. The van der Waals surface area contributed by atoms with Gasteiger partial charge in [-0.25, -0.2) is 4.79 Å². The minimum absolute atomic E-state index is 0.119. The van der Waals surface area contributed by atoms with E-state index in [-0.39, 0.29) is 30.4 Å². The van der Waals surface area contributed by atoms with E-state index in [1.54, 1.807) is 38.1 Å². The van der Waals surface area contributed by atoms with Crippen LogP contribution in [-0.2, 0) is 16.0 Å². The highest BCUT2D eigenvalue weighted by Gasteiger charge is 2.26. The van der Waals surface area contributed by atoms with Crippen LogP contribution in [0, 0.1) is 6.92 Å². The van der Waals surface area contributed by atoms with E-state index >= 15 is 0 Å². The van der Waals surface area contributed by atoms with Gasteiger partial charge in [0.15, 0.2) is 0 Å². The Kier molecular flexibility index (Phi) is 8.67. The van der Waals surface area contributed by atoms with Gasteiger partial charge in [-0.15, -0.1) is 11.3 Å². The van der Waals surface area contributed by atoms with Crippen molar-refractivity contribution in [1.29, 1.82) is 0 Å². The molecule has 0 aliphatic heterocycles. The summed E-state index contributed by atoms with van der Waals surface area (Å²) in [6.07, 6.45) is 1.95. The highest BCUT2D eigenvalue weighted by atomic mass is 35.5. The summed E-state index contributed by atoms with van der Waals surface area (Å²) in [6, 6.07) is 6.95. The normalized spacial score (nSPS) is 10.5. The molecule has 1 aromatic carbocycles. The van der Waals surface area contributed by atoms with Crippen molar-refractivity contribution in [3.63, 3.8) is 0 Å². The fraction of sp³-hybridized carbons (Fsp3) is 0.381. The van der Waals surface area contributed by atoms with Gasteiger partial charge in [0.1, 0.15) is 5.00 Å². The van der Waals surface area contributed by atoms with Gasteiger partial charge in [-0.2, -0.15) is 0 Å². The first-order chi connectivity index (χ1) is 13.9. The molecule has 0 aliphatic rings. The topological polar surface area (TPSA) is 84.5 Å². The molecular weight excluding hydrogens is 412 g/mol. The molecule has 0 bridgehead atoms. The average Bonchev–Trinajstić information content (AvgIpc) is 3.00. The summed E-state index contributed by atoms with van der Waals surface area (Å²) in [4.78, 5) is 37.9. The fourth-order valence-electron chi connectivity index (χ4n) is 2.68. The van der Waals surface area contributed by atoms with Crippen molar-refractivity contribution in [2.24, 2.45) is 0 Å². The minimum Gasteiger partial charge on any atom is -0.462 e. The van der Waals surface area contributed by atoms with Crippen molar-refractivity contribution >= 4 is 45.7 Å². The lowest BCUT2D eigenvalue weighted by molar-refractivity contribution is -0.115. The number of nitrogens with one attached hydrogen (secondary N) is 2. The first-order valence-electron chi connectivity index (χ1n) is 9.50. The SMILES string of the molecule is CCCCNC(=O)c1sc(NC(=O)Cc2ccc(Cl)cc2)c(C(=O)OCC)c1C. The van der Waals surface area contributed by atoms with E-state index in [0.717, 1.165) is 29.7 Å². The lowest BCUT2D eigenvalue weighted by atomic mass is 10.1. The Morgan fingerprint density at radius 2 is 1.83 bits per heavy atom. The number of carbonyl (C=O) groups excluding carboxylic acids is 3. The number of unbranched alkanes of at least 4 members (excludes halogenated alkanes) is 1. The number of rotatable bonds is 9. The first kappa shape index (κ1) is 22.9. The summed E-state index contributed by atoms with van der Waals surface area (Å²) in [5, 5.41) is 6.52. The van der Waals surface area contributed by atoms with Crippen LogP contribution in [0.1, 0.15) is 57.8 Å². The van der Waals surface area contributed by atoms with Gasteiger partial charge in [-0.1, -0.05) is 37.1 Å². The zero-order chi connectivity index (χ0) is 21.4. The van der Waals surface area contributed by atoms with E-state index in [9.17, 15) is 14.4 Å². The summed E-state index contributed by atoms with van der Waals surface area (Å²) < 4.78 is 5.12. The monoisotopic (exact) mass is 436 g/mol. The Morgan fingerprint density at radius 3 is 2.45 bits per heavy atom. The van der Waals surface area contributed by atoms with Crippen LogP contribution < -0.4 is 10.6 Å². The van der Waals surface area contributed by atoms with Crippen molar-refractivity contribution in [3.8, 4) is 0 Å². The number of halogens is 1. The van der Waals surface area contributed by atoms with Crippen molar-refractivity contribution < 1.29 is 19.1 Å². The van der Waals surface area contributed by atoms with Crippen LogP contribution in [0.4, 0.5) is 5.00 Å². The second kappa shape index (κ2) is 11.0. The number of esters is 1. The molecule has 2 N–H and O–H groups in total. The number of benzene rings is 1. The van der Waals surface area contributed by atoms with E-state index in [4.69, 9.17) is 16.3 Å². The van der Waals surface area contributed by atoms with Gasteiger partial charge in [0.2, 0.25) is 5.91 Å². The molecule has 0 unspecified atom stereocenters. The molecule has 156 valence electrons. The predicted octanol–water partition coefficient (Wildman–Crippen LogP) is 4.60. The molecule has 6 nitrogen and oxygen atoms in total. The number of amides is 2. The van der Waals surface area contributed by atoms with Crippen molar-refractivity contribution in [1.82, 2.24) is 5.32 Å². The van der Waals surface area contributed by atoms with Crippen LogP contribution in [-0.4, -0.2) is 30.9 Å². The summed E-state index contributed by atoms with van der Waals surface area (Å²) in [5.41, 5.74) is 1.52. The van der Waals surface area contributed by atoms with Gasteiger partial charge >= 0.3 is 5.97 Å². The van der Waals surface area contributed by atoms with E-state index in [2.05, 4.69) is 10.6 Å². The Labute approximate surface area is 179 Å². The molecular formula is C21H25ClN2O4S. The van der Waals surface area contributed by atoms with Crippen LogP contribution in [0.15, 0.2) is 24.3 Å². The minimum atomic E-state index is -0.560. The van der Waals surface area contributed by atoms with E-state index in [0.29, 0.717) is 27.0 Å². The molecule has 0 saturated carbocycles. The van der Waals surface area contributed by atoms with Gasteiger partial charge in [-0.05, 0) is 43.5 Å². The second-order valence-corrected chi connectivity index (χ2v) is 7.90. The third-order valence-electron chi connectivity index (χ3n) is 4.18. The van der Waals surface area contributed by atoms with Gasteiger partial charge in [-0.3, -0.25) is 9.59 Å². The molecule has 0 fully saturated rings. The van der Waals surface area contributed by atoms with Crippen molar-refractivity contribution in [2.75, 3.05) is 18.5 Å². The summed E-state index contributed by atoms with van der Waals surface area (Å²) in [6.45, 7) is 6.18. The zero-order valence-corrected chi connectivity index (χ0v) is 18.3. The Hall–Kier alpha value is -2.38. The van der Waals surface area contributed by atoms with E-state index in [1.807, 2.05) is 6.92 Å². The molecule has 0 atom stereocenters. The number of ether oxygens (including phenoxy) is 1. The maximum Gasteiger partial charge on any atom is 0.341 e. The number of carbonyl (C=O) groups is 3. The third kappa shape index (κ3) is 6.30. The van der Waals surface area contributed by atoms with Crippen molar-refractivity contribution in [2.45, 2.75) is 40.0 Å². The summed E-state index contributed by atoms with van der Waals surface area (Å²) in [7, 11) is 0. The van der Waals surface area contributed by atoms with Gasteiger partial charge < -0.3 is 15.4 Å². The maximum absolute atomic E-state index is 12.5. The molecule has 0 aliphatic carbocycles. The predicted molar refractivity (Wildman–Crippen MR) is 116 cm³/mol. The van der Waals surface area contributed by atoms with Gasteiger partial charge in [0.05, 0.1) is 23.5 Å². The fourth-order valence-corrected chi connectivity index (χ4v) is 3.94. The smallest absolute Gasteiger partial charge is 0.341 e. The molecule has 1 heterocycles.